The first kappa shape index (κ1) is 36.5. The van der Waals surface area contributed by atoms with Gasteiger partial charge in [-0.1, -0.05) is 51.3 Å². The summed E-state index contributed by atoms with van der Waals surface area (Å²) in [7, 11) is -3.15. The van der Waals surface area contributed by atoms with E-state index >= 15 is 0 Å². The standard InChI is InChI=1S/C34H27BrCl2N4O8S/c1-19-26(27-16-24(49-2)11-14-30(27)40(19)34(44)21-5-9-23(36)10-6-21)18-32(42)38-29(15-20-3-7-22(35)8-4-20)33(43)39-50(47,48)25-12-13-28(37)31(17-25)41(45)46/h3-14,16-17,29H,15,18H2,1-2H3,(H,38,42)(H,39,43)/t29-/m0/s1. The lowest BCUT2D eigenvalue weighted by Gasteiger charge is -2.19. The number of carbonyl (C=O) groups is 3. The predicted molar refractivity (Wildman–Crippen MR) is 191 cm³/mol. The van der Waals surface area contributed by atoms with E-state index in [0.29, 0.717) is 44.1 Å². The Morgan fingerprint density at radius 3 is 2.30 bits per heavy atom. The van der Waals surface area contributed by atoms with Gasteiger partial charge in [-0.3, -0.25) is 29.1 Å². The molecule has 0 radical (unpaired) electrons. The highest BCUT2D eigenvalue weighted by atomic mass is 79.9. The van der Waals surface area contributed by atoms with Crippen molar-refractivity contribution in [1.29, 1.82) is 0 Å². The highest BCUT2D eigenvalue weighted by Crippen LogP contribution is 2.31. The van der Waals surface area contributed by atoms with Gasteiger partial charge in [0.2, 0.25) is 5.91 Å². The van der Waals surface area contributed by atoms with Crippen molar-refractivity contribution in [3.63, 3.8) is 0 Å². The van der Waals surface area contributed by atoms with Crippen molar-refractivity contribution >= 4 is 83.5 Å². The van der Waals surface area contributed by atoms with Crippen LogP contribution in [-0.4, -0.2) is 48.8 Å². The number of fused-ring (bicyclic) bond motifs is 1. The molecule has 50 heavy (non-hydrogen) atoms. The Labute approximate surface area is 304 Å². The number of nitrogens with one attached hydrogen (secondary N) is 2. The Morgan fingerprint density at radius 2 is 1.66 bits per heavy atom. The molecule has 0 bridgehead atoms. The fourth-order valence-electron chi connectivity index (χ4n) is 5.33. The largest absolute Gasteiger partial charge is 0.497 e. The third-order valence-electron chi connectivity index (χ3n) is 7.84. The van der Waals surface area contributed by atoms with Crippen molar-refractivity contribution < 1.29 is 32.5 Å². The Kier molecular flexibility index (Phi) is 11.0. The molecule has 12 nitrogen and oxygen atoms in total. The van der Waals surface area contributed by atoms with Crippen molar-refractivity contribution in [2.24, 2.45) is 0 Å². The number of ether oxygens (including phenoxy) is 1. The van der Waals surface area contributed by atoms with Crippen LogP contribution in [0.25, 0.3) is 10.9 Å². The van der Waals surface area contributed by atoms with Crippen molar-refractivity contribution in [2.45, 2.75) is 30.7 Å². The number of hydrogen-bond donors (Lipinski definition) is 2. The Bertz CT molecular complexity index is 2260. The number of nitrogens with zero attached hydrogens (tertiary/aromatic N) is 2. The predicted octanol–water partition coefficient (Wildman–Crippen LogP) is 6.40. The van der Waals surface area contributed by atoms with Crippen molar-refractivity contribution in [2.75, 3.05) is 7.11 Å². The monoisotopic (exact) mass is 800 g/mol. The second kappa shape index (κ2) is 15.0. The van der Waals surface area contributed by atoms with Gasteiger partial charge in [0.05, 0.1) is 28.9 Å². The topological polar surface area (TPSA) is 167 Å². The van der Waals surface area contributed by atoms with Crippen LogP contribution in [0, 0.1) is 17.0 Å². The number of hydrogen-bond acceptors (Lipinski definition) is 8. The van der Waals surface area contributed by atoms with Gasteiger partial charge in [-0.25, -0.2) is 13.1 Å². The highest BCUT2D eigenvalue weighted by Gasteiger charge is 2.29. The molecular formula is C34H27BrCl2N4O8S. The quantitative estimate of drug-likeness (QED) is 0.114. The van der Waals surface area contributed by atoms with Crippen LogP contribution in [0.5, 0.6) is 5.75 Å². The molecule has 0 spiro atoms. The van der Waals surface area contributed by atoms with E-state index in [9.17, 15) is 32.9 Å². The van der Waals surface area contributed by atoms with Gasteiger partial charge in [-0.2, -0.15) is 0 Å². The molecule has 2 amide bonds. The lowest BCUT2D eigenvalue weighted by molar-refractivity contribution is -0.384. The zero-order valence-electron chi connectivity index (χ0n) is 26.3. The van der Waals surface area contributed by atoms with Crippen LogP contribution in [0.3, 0.4) is 0 Å². The van der Waals surface area contributed by atoms with Gasteiger partial charge >= 0.3 is 0 Å². The Balaban J connectivity index is 1.47. The maximum atomic E-state index is 13.7. The molecule has 5 aromatic rings. The van der Waals surface area contributed by atoms with Crippen molar-refractivity contribution in [1.82, 2.24) is 14.6 Å². The van der Waals surface area contributed by atoms with Crippen molar-refractivity contribution in [3.05, 3.63) is 132 Å². The average molecular weight is 802 g/mol. The summed E-state index contributed by atoms with van der Waals surface area (Å²) in [6, 6.07) is 19.7. The summed E-state index contributed by atoms with van der Waals surface area (Å²) in [5.74, 6) is -1.61. The van der Waals surface area contributed by atoms with E-state index in [1.165, 1.54) is 11.7 Å². The average Bonchev–Trinajstić information content (AvgIpc) is 3.34. The van der Waals surface area contributed by atoms with Gasteiger partial charge in [0.1, 0.15) is 16.8 Å². The third-order valence-corrected chi connectivity index (χ3v) is 10.3. The van der Waals surface area contributed by atoms with Crippen LogP contribution >= 0.6 is 39.1 Å². The Hall–Kier alpha value is -4.76. The molecular weight excluding hydrogens is 775 g/mol. The first-order valence-electron chi connectivity index (χ1n) is 14.7. The molecule has 1 atom stereocenters. The lowest BCUT2D eigenvalue weighted by Crippen LogP contribution is -2.50. The molecule has 0 saturated heterocycles. The second-order valence-corrected chi connectivity index (χ2v) is 14.5. The van der Waals surface area contributed by atoms with Crippen LogP contribution in [0.4, 0.5) is 5.69 Å². The minimum atomic E-state index is -4.63. The molecule has 0 saturated carbocycles. The van der Waals surface area contributed by atoms with Crippen LogP contribution in [0.2, 0.25) is 10.0 Å². The molecule has 0 fully saturated rings. The fraction of sp³-hybridized carbons (Fsp3) is 0.147. The highest BCUT2D eigenvalue weighted by molar-refractivity contribution is 9.10. The smallest absolute Gasteiger partial charge is 0.289 e. The minimum Gasteiger partial charge on any atom is -0.497 e. The van der Waals surface area contributed by atoms with E-state index < -0.39 is 43.4 Å². The van der Waals surface area contributed by atoms with Crippen molar-refractivity contribution in [3.8, 4) is 5.75 Å². The zero-order valence-corrected chi connectivity index (χ0v) is 30.2. The first-order valence-corrected chi connectivity index (χ1v) is 17.7. The van der Waals surface area contributed by atoms with Crippen LogP contribution in [0.15, 0.2) is 94.3 Å². The number of methoxy groups -OCH3 is 1. The van der Waals surface area contributed by atoms with Gasteiger partial charge in [0.25, 0.3) is 27.5 Å². The summed E-state index contributed by atoms with van der Waals surface area (Å²) in [6.07, 6.45) is -0.401. The SMILES string of the molecule is COc1ccc2c(c1)c(CC(=O)N[C@@H](Cc1ccc(Br)cc1)C(=O)NS(=O)(=O)c1ccc(Cl)c([N+](=O)[O-])c1)c(C)n2C(=O)c1ccc(Cl)cc1. The van der Waals surface area contributed by atoms with E-state index in [1.807, 2.05) is 4.72 Å². The lowest BCUT2D eigenvalue weighted by atomic mass is 10.0. The summed E-state index contributed by atoms with van der Waals surface area (Å²) >= 11 is 15.2. The molecule has 16 heteroatoms. The third kappa shape index (κ3) is 7.99. The fourth-order valence-corrected chi connectivity index (χ4v) is 6.95. The second-order valence-electron chi connectivity index (χ2n) is 11.1. The number of nitro groups is 1. The van der Waals surface area contributed by atoms with Gasteiger partial charge in [0, 0.05) is 38.6 Å². The summed E-state index contributed by atoms with van der Waals surface area (Å²) in [5, 5.41) is 14.7. The number of sulfonamides is 1. The first-order chi connectivity index (χ1) is 23.7. The van der Waals surface area contributed by atoms with Gasteiger partial charge in [-0.15, -0.1) is 0 Å². The number of amides is 2. The number of aromatic nitrogens is 1. The number of carbonyl (C=O) groups excluding carboxylic acids is 3. The van der Waals surface area contributed by atoms with Gasteiger partial charge in [0.15, 0.2) is 0 Å². The maximum Gasteiger partial charge on any atom is 0.289 e. The molecule has 2 N–H and O–H groups in total. The molecule has 258 valence electrons. The number of benzene rings is 4. The molecule has 4 aromatic carbocycles. The van der Waals surface area contributed by atoms with Crippen LogP contribution < -0.4 is 14.8 Å². The summed E-state index contributed by atoms with van der Waals surface area (Å²) in [5.41, 5.74) is 1.74. The molecule has 0 aliphatic carbocycles. The van der Waals surface area contributed by atoms with E-state index in [-0.39, 0.29) is 23.8 Å². The van der Waals surface area contributed by atoms with Crippen LogP contribution in [0.1, 0.15) is 27.2 Å². The molecule has 1 aromatic heterocycles. The minimum absolute atomic E-state index is 0.106. The molecule has 5 rings (SSSR count). The Morgan fingerprint density at radius 1 is 0.980 bits per heavy atom. The summed E-state index contributed by atoms with van der Waals surface area (Å²) < 4.78 is 35.9. The molecule has 0 unspecified atom stereocenters. The van der Waals surface area contributed by atoms with Crippen LogP contribution in [-0.2, 0) is 32.5 Å². The zero-order chi connectivity index (χ0) is 36.3. The number of nitro benzene ring substituents is 1. The molecule has 0 aliphatic heterocycles. The van der Waals surface area contributed by atoms with Gasteiger partial charge < -0.3 is 10.1 Å². The number of rotatable bonds is 11. The van der Waals surface area contributed by atoms with E-state index in [1.54, 1.807) is 73.7 Å². The number of halogens is 3. The normalized spacial score (nSPS) is 11.9. The molecule has 0 aliphatic rings. The van der Waals surface area contributed by atoms with Gasteiger partial charge in [-0.05, 0) is 84.8 Å². The maximum absolute atomic E-state index is 13.7. The summed E-state index contributed by atoms with van der Waals surface area (Å²) in [6.45, 7) is 1.69. The molecule has 1 heterocycles. The summed E-state index contributed by atoms with van der Waals surface area (Å²) in [4.78, 5) is 50.9. The van der Waals surface area contributed by atoms with E-state index in [4.69, 9.17) is 27.9 Å². The van der Waals surface area contributed by atoms with E-state index in [0.717, 1.165) is 22.7 Å². The van der Waals surface area contributed by atoms with E-state index in [2.05, 4.69) is 21.2 Å².